The van der Waals surface area contributed by atoms with Crippen molar-refractivity contribution in [2.45, 2.75) is 25.8 Å². The molecule has 0 aliphatic rings. The van der Waals surface area contributed by atoms with Gasteiger partial charge in [0.05, 0.1) is 18.0 Å². The van der Waals surface area contributed by atoms with E-state index in [1.165, 1.54) is 22.2 Å². The Morgan fingerprint density at radius 3 is 2.71 bits per heavy atom. The zero-order valence-electron chi connectivity index (χ0n) is 14.1. The van der Waals surface area contributed by atoms with Crippen LogP contribution in [0.25, 0.3) is 4.96 Å². The summed E-state index contributed by atoms with van der Waals surface area (Å²) in [5.41, 5.74) is 1.11. The Morgan fingerprint density at radius 1 is 1.33 bits per heavy atom. The van der Waals surface area contributed by atoms with Gasteiger partial charge in [0.15, 0.2) is 0 Å². The first-order chi connectivity index (χ1) is 11.7. The summed E-state index contributed by atoms with van der Waals surface area (Å²) in [6.45, 7) is 3.12. The average molecular weight is 346 g/mol. The van der Waals surface area contributed by atoms with Crippen LogP contribution in [-0.4, -0.2) is 45.3 Å². The number of hydrogen-bond acceptors (Lipinski definition) is 6. The third kappa shape index (κ3) is 3.09. The molecule has 0 saturated heterocycles. The van der Waals surface area contributed by atoms with Crippen molar-refractivity contribution in [3.05, 3.63) is 41.0 Å². The van der Waals surface area contributed by atoms with Gasteiger partial charge >= 0.3 is 0 Å². The highest BCUT2D eigenvalue weighted by Crippen LogP contribution is 2.39. The predicted octanol–water partition coefficient (Wildman–Crippen LogP) is 3.33. The fraction of sp³-hybridized carbons (Fsp3) is 0.412. The lowest BCUT2D eigenvalue weighted by atomic mass is 10.0. The summed E-state index contributed by atoms with van der Waals surface area (Å²) in [6.07, 6.45) is 3.68. The second kappa shape index (κ2) is 7.19. The first-order valence-electron chi connectivity index (χ1n) is 8.01. The third-order valence-electron chi connectivity index (χ3n) is 4.12. The molecule has 1 N–H and O–H groups in total. The molecule has 0 amide bonds. The molecule has 0 fully saturated rings. The Balaban J connectivity index is 2.03. The summed E-state index contributed by atoms with van der Waals surface area (Å²) >= 11 is 1.47. The summed E-state index contributed by atoms with van der Waals surface area (Å²) in [5, 5.41) is 14.7. The van der Waals surface area contributed by atoms with Crippen LogP contribution in [-0.2, 0) is 0 Å². The van der Waals surface area contributed by atoms with E-state index < -0.39 is 0 Å². The number of unbranched alkanes of at least 4 members (excludes halogenated alkanes) is 1. The Labute approximate surface area is 145 Å². The van der Waals surface area contributed by atoms with Crippen molar-refractivity contribution in [3.63, 3.8) is 0 Å². The van der Waals surface area contributed by atoms with E-state index in [0.29, 0.717) is 4.96 Å². The van der Waals surface area contributed by atoms with Gasteiger partial charge in [0.25, 0.3) is 0 Å². The van der Waals surface area contributed by atoms with E-state index in [1.807, 2.05) is 24.3 Å². The number of nitrogens with zero attached hydrogens (tertiary/aromatic N) is 4. The molecule has 3 aromatic rings. The molecule has 128 valence electrons. The maximum atomic E-state index is 10.6. The third-order valence-corrected chi connectivity index (χ3v) is 5.21. The maximum absolute atomic E-state index is 10.6. The van der Waals surface area contributed by atoms with Gasteiger partial charge in [-0.25, -0.2) is 4.98 Å². The monoisotopic (exact) mass is 346 g/mol. The molecule has 0 bridgehead atoms. The van der Waals surface area contributed by atoms with Crippen molar-refractivity contribution >= 4 is 16.3 Å². The minimum atomic E-state index is -0.0454. The minimum absolute atomic E-state index is 0.0454. The first-order valence-corrected chi connectivity index (χ1v) is 8.83. The highest BCUT2D eigenvalue weighted by molar-refractivity contribution is 7.17. The first kappa shape index (κ1) is 16.7. The van der Waals surface area contributed by atoms with E-state index in [-0.39, 0.29) is 11.9 Å². The summed E-state index contributed by atoms with van der Waals surface area (Å²) in [4.78, 5) is 8.01. The van der Waals surface area contributed by atoms with Crippen molar-refractivity contribution in [2.24, 2.45) is 0 Å². The highest BCUT2D eigenvalue weighted by Gasteiger charge is 2.27. The number of thiazole rings is 1. The van der Waals surface area contributed by atoms with Crippen molar-refractivity contribution in [3.8, 4) is 11.6 Å². The van der Waals surface area contributed by atoms with Crippen LogP contribution in [0.3, 0.4) is 0 Å². The average Bonchev–Trinajstić information content (AvgIpc) is 3.18. The van der Waals surface area contributed by atoms with Gasteiger partial charge in [-0.05, 0) is 37.7 Å². The van der Waals surface area contributed by atoms with Crippen LogP contribution < -0.4 is 4.74 Å². The predicted molar refractivity (Wildman–Crippen MR) is 94.9 cm³/mol. The summed E-state index contributed by atoms with van der Waals surface area (Å²) in [6, 6.07) is 7.94. The lowest BCUT2D eigenvalue weighted by Gasteiger charge is -2.27. The highest BCUT2D eigenvalue weighted by atomic mass is 32.1. The quantitative estimate of drug-likeness (QED) is 0.711. The SMILES string of the molecule is CCCCN(C)C(c1ccc(OC)cc1)c1sc2ncnn2c1O. The van der Waals surface area contributed by atoms with Gasteiger partial charge < -0.3 is 9.84 Å². The molecule has 0 spiro atoms. The standard InChI is InChI=1S/C17H22N4O2S/c1-4-5-10-20(2)14(12-6-8-13(23-3)9-7-12)15-16(22)21-17(24-15)18-11-19-21/h6-9,11,14,22H,4-5,10H2,1-3H3. The number of fused-ring (bicyclic) bond motifs is 1. The second-order valence-corrected chi connectivity index (χ2v) is 6.76. The lowest BCUT2D eigenvalue weighted by Crippen LogP contribution is -2.26. The van der Waals surface area contributed by atoms with Gasteiger partial charge in [-0.3, -0.25) is 4.90 Å². The molecule has 0 saturated carbocycles. The van der Waals surface area contributed by atoms with E-state index in [9.17, 15) is 5.11 Å². The second-order valence-electron chi connectivity index (χ2n) is 5.75. The Hall–Kier alpha value is -2.12. The van der Waals surface area contributed by atoms with E-state index in [1.54, 1.807) is 7.11 Å². The van der Waals surface area contributed by atoms with E-state index >= 15 is 0 Å². The normalized spacial score (nSPS) is 12.8. The van der Waals surface area contributed by atoms with Gasteiger partial charge in [-0.1, -0.05) is 36.8 Å². The summed E-state index contributed by atoms with van der Waals surface area (Å²) < 4.78 is 6.75. The van der Waals surface area contributed by atoms with Gasteiger partial charge in [0.1, 0.15) is 12.1 Å². The number of ether oxygens (including phenoxy) is 1. The van der Waals surface area contributed by atoms with E-state index in [2.05, 4.69) is 29.0 Å². The number of rotatable bonds is 7. The maximum Gasteiger partial charge on any atom is 0.230 e. The molecule has 0 aliphatic heterocycles. The molecular weight excluding hydrogens is 324 g/mol. The zero-order chi connectivity index (χ0) is 17.1. The largest absolute Gasteiger partial charge is 0.497 e. The van der Waals surface area contributed by atoms with E-state index in [0.717, 1.165) is 35.6 Å². The topological polar surface area (TPSA) is 62.9 Å². The molecule has 7 heteroatoms. The summed E-state index contributed by atoms with van der Waals surface area (Å²) in [5.74, 6) is 0.984. The number of methoxy groups -OCH3 is 1. The van der Waals surface area contributed by atoms with Gasteiger partial charge in [0.2, 0.25) is 10.8 Å². The van der Waals surface area contributed by atoms with Crippen molar-refractivity contribution in [1.29, 1.82) is 0 Å². The molecule has 1 atom stereocenters. The van der Waals surface area contributed by atoms with Gasteiger partial charge in [0, 0.05) is 0 Å². The zero-order valence-corrected chi connectivity index (χ0v) is 15.0. The molecule has 2 heterocycles. The van der Waals surface area contributed by atoms with Gasteiger partial charge in [-0.2, -0.15) is 9.61 Å². The molecule has 2 aromatic heterocycles. The molecular formula is C17H22N4O2S. The van der Waals surface area contributed by atoms with E-state index in [4.69, 9.17) is 4.74 Å². The van der Waals surface area contributed by atoms with Crippen LogP contribution in [0.4, 0.5) is 0 Å². The van der Waals surface area contributed by atoms with Crippen LogP contribution in [0.15, 0.2) is 30.6 Å². The van der Waals surface area contributed by atoms with Crippen molar-refractivity contribution in [1.82, 2.24) is 19.5 Å². The fourth-order valence-electron chi connectivity index (χ4n) is 2.80. The Bertz CT molecular complexity index is 797. The van der Waals surface area contributed by atoms with Crippen molar-refractivity contribution in [2.75, 3.05) is 20.7 Å². The number of benzene rings is 1. The number of hydrogen-bond donors (Lipinski definition) is 1. The lowest BCUT2D eigenvalue weighted by molar-refractivity contribution is 0.270. The molecule has 1 aromatic carbocycles. The summed E-state index contributed by atoms with van der Waals surface area (Å²) in [7, 11) is 3.74. The van der Waals surface area contributed by atoms with Gasteiger partial charge in [-0.15, -0.1) is 0 Å². The van der Waals surface area contributed by atoms with Crippen LogP contribution in [0.2, 0.25) is 0 Å². The minimum Gasteiger partial charge on any atom is -0.497 e. The van der Waals surface area contributed by atoms with Crippen LogP contribution >= 0.6 is 11.3 Å². The molecule has 0 aliphatic carbocycles. The fourth-order valence-corrected chi connectivity index (χ4v) is 3.92. The molecule has 24 heavy (non-hydrogen) atoms. The number of aromatic hydroxyl groups is 1. The molecule has 3 rings (SSSR count). The molecule has 0 radical (unpaired) electrons. The molecule has 1 unspecified atom stereocenters. The van der Waals surface area contributed by atoms with Crippen molar-refractivity contribution < 1.29 is 9.84 Å². The van der Waals surface area contributed by atoms with Crippen LogP contribution in [0.1, 0.15) is 36.2 Å². The smallest absolute Gasteiger partial charge is 0.230 e. The Kier molecular flexibility index (Phi) is 5.01. The van der Waals surface area contributed by atoms with Crippen LogP contribution in [0.5, 0.6) is 11.6 Å². The number of aromatic nitrogens is 3. The van der Waals surface area contributed by atoms with Crippen LogP contribution in [0, 0.1) is 0 Å². The molecule has 6 nitrogen and oxygen atoms in total. The Morgan fingerprint density at radius 2 is 2.08 bits per heavy atom.